The zero-order valence-corrected chi connectivity index (χ0v) is 14.1. The van der Waals surface area contributed by atoms with E-state index in [4.69, 9.17) is 11.6 Å². The smallest absolute Gasteiger partial charge is 0.136 e. The van der Waals surface area contributed by atoms with Crippen molar-refractivity contribution in [2.75, 3.05) is 0 Å². The minimum absolute atomic E-state index is 0.266. The standard InChI is InChI=1S/C14H14BrClN2S/c1-8(2)13-17-12(16)9(3)14(18-13)19-11-6-4-10(15)5-7-11/h4-8H,1-3H3. The Morgan fingerprint density at radius 3 is 2.37 bits per heavy atom. The molecule has 0 aliphatic rings. The van der Waals surface area contributed by atoms with Gasteiger partial charge in [-0.15, -0.1) is 0 Å². The van der Waals surface area contributed by atoms with Crippen LogP contribution in [0.4, 0.5) is 0 Å². The van der Waals surface area contributed by atoms with Gasteiger partial charge in [-0.05, 0) is 31.2 Å². The predicted molar refractivity (Wildman–Crippen MR) is 84.1 cm³/mol. The molecule has 0 N–H and O–H groups in total. The molecule has 0 atom stereocenters. The molecule has 2 nitrogen and oxygen atoms in total. The quantitative estimate of drug-likeness (QED) is 0.681. The minimum atomic E-state index is 0.266. The third-order valence-corrected chi connectivity index (χ3v) is 4.60. The molecule has 5 heteroatoms. The van der Waals surface area contributed by atoms with E-state index in [2.05, 4.69) is 51.9 Å². The summed E-state index contributed by atoms with van der Waals surface area (Å²) in [5.74, 6) is 1.05. The summed E-state index contributed by atoms with van der Waals surface area (Å²) in [4.78, 5) is 10.1. The first-order chi connectivity index (χ1) is 8.97. The molecule has 0 amide bonds. The van der Waals surface area contributed by atoms with Gasteiger partial charge in [0.25, 0.3) is 0 Å². The Bertz CT molecular complexity index is 585. The predicted octanol–water partition coefficient (Wildman–Crippen LogP) is 5.48. The van der Waals surface area contributed by atoms with Crippen molar-refractivity contribution in [3.63, 3.8) is 0 Å². The van der Waals surface area contributed by atoms with Crippen LogP contribution in [0.2, 0.25) is 5.15 Å². The van der Waals surface area contributed by atoms with Gasteiger partial charge in [0.1, 0.15) is 16.0 Å². The van der Waals surface area contributed by atoms with E-state index in [-0.39, 0.29) is 5.92 Å². The lowest BCUT2D eigenvalue weighted by Gasteiger charge is -2.10. The zero-order valence-electron chi connectivity index (χ0n) is 10.9. The maximum Gasteiger partial charge on any atom is 0.136 e. The maximum atomic E-state index is 6.18. The molecule has 2 aromatic rings. The zero-order chi connectivity index (χ0) is 14.0. The largest absolute Gasteiger partial charge is 0.226 e. The van der Waals surface area contributed by atoms with Crippen molar-refractivity contribution in [3.8, 4) is 0 Å². The van der Waals surface area contributed by atoms with Crippen molar-refractivity contribution in [2.45, 2.75) is 36.6 Å². The average Bonchev–Trinajstić information content (AvgIpc) is 2.37. The van der Waals surface area contributed by atoms with Gasteiger partial charge in [-0.25, -0.2) is 9.97 Å². The van der Waals surface area contributed by atoms with E-state index in [1.165, 1.54) is 0 Å². The Morgan fingerprint density at radius 2 is 1.79 bits per heavy atom. The highest BCUT2D eigenvalue weighted by Gasteiger charge is 2.12. The van der Waals surface area contributed by atoms with Crippen LogP contribution >= 0.6 is 39.3 Å². The van der Waals surface area contributed by atoms with Gasteiger partial charge in [-0.1, -0.05) is 53.1 Å². The number of hydrogen-bond acceptors (Lipinski definition) is 3. The van der Waals surface area contributed by atoms with Gasteiger partial charge < -0.3 is 0 Å². The summed E-state index contributed by atoms with van der Waals surface area (Å²) < 4.78 is 1.07. The third kappa shape index (κ3) is 3.71. The first-order valence-electron chi connectivity index (χ1n) is 5.95. The van der Waals surface area contributed by atoms with Crippen molar-refractivity contribution < 1.29 is 0 Å². The van der Waals surface area contributed by atoms with Gasteiger partial charge in [-0.3, -0.25) is 0 Å². The topological polar surface area (TPSA) is 25.8 Å². The second-order valence-electron chi connectivity index (χ2n) is 4.51. The molecule has 0 fully saturated rings. The van der Waals surface area contributed by atoms with E-state index in [0.29, 0.717) is 5.15 Å². The number of aromatic nitrogens is 2. The molecule has 0 saturated carbocycles. The van der Waals surface area contributed by atoms with E-state index in [1.54, 1.807) is 11.8 Å². The van der Waals surface area contributed by atoms with Gasteiger partial charge in [-0.2, -0.15) is 0 Å². The number of rotatable bonds is 3. The van der Waals surface area contributed by atoms with Gasteiger partial charge >= 0.3 is 0 Å². The molecule has 0 aliphatic heterocycles. The van der Waals surface area contributed by atoms with E-state index < -0.39 is 0 Å². The summed E-state index contributed by atoms with van der Waals surface area (Å²) in [7, 11) is 0. The number of benzene rings is 1. The molecule has 0 spiro atoms. The van der Waals surface area contributed by atoms with Gasteiger partial charge in [0.15, 0.2) is 0 Å². The molecule has 19 heavy (non-hydrogen) atoms. The molecule has 0 radical (unpaired) electrons. The Hall–Kier alpha value is -0.580. The fourth-order valence-corrected chi connectivity index (χ4v) is 2.84. The molecular weight excluding hydrogens is 344 g/mol. The first-order valence-corrected chi connectivity index (χ1v) is 7.93. The van der Waals surface area contributed by atoms with Crippen LogP contribution in [0.3, 0.4) is 0 Å². The number of nitrogens with zero attached hydrogens (tertiary/aromatic N) is 2. The lowest BCUT2D eigenvalue weighted by atomic mass is 10.2. The molecule has 1 heterocycles. The highest BCUT2D eigenvalue weighted by Crippen LogP contribution is 2.32. The molecule has 0 unspecified atom stereocenters. The van der Waals surface area contributed by atoms with Crippen LogP contribution in [0.1, 0.15) is 31.2 Å². The summed E-state index contributed by atoms with van der Waals surface area (Å²) >= 11 is 11.2. The van der Waals surface area contributed by atoms with Crippen LogP contribution in [0.5, 0.6) is 0 Å². The SMILES string of the molecule is Cc1c(Cl)nc(C(C)C)nc1Sc1ccc(Br)cc1. The van der Waals surface area contributed by atoms with E-state index in [0.717, 1.165) is 25.8 Å². The summed E-state index contributed by atoms with van der Waals surface area (Å²) in [6.45, 7) is 6.08. The minimum Gasteiger partial charge on any atom is -0.226 e. The van der Waals surface area contributed by atoms with Crippen molar-refractivity contribution in [3.05, 3.63) is 45.3 Å². The number of halogens is 2. The third-order valence-electron chi connectivity index (χ3n) is 2.60. The molecule has 0 saturated heterocycles. The molecular formula is C14H14BrClN2S. The molecule has 2 rings (SSSR count). The Kier molecular flexibility index (Phi) is 4.87. The van der Waals surface area contributed by atoms with Crippen LogP contribution in [0.25, 0.3) is 0 Å². The fraction of sp³-hybridized carbons (Fsp3) is 0.286. The van der Waals surface area contributed by atoms with Crippen molar-refractivity contribution in [1.82, 2.24) is 9.97 Å². The first kappa shape index (κ1) is 14.8. The molecule has 0 bridgehead atoms. The molecule has 1 aromatic heterocycles. The maximum absolute atomic E-state index is 6.18. The van der Waals surface area contributed by atoms with Gasteiger partial charge in [0.2, 0.25) is 0 Å². The Labute approximate surface area is 131 Å². The summed E-state index contributed by atoms with van der Waals surface area (Å²) in [5.41, 5.74) is 0.930. The normalized spacial score (nSPS) is 11.1. The van der Waals surface area contributed by atoms with Crippen LogP contribution in [-0.2, 0) is 0 Å². The lowest BCUT2D eigenvalue weighted by molar-refractivity contribution is 0.747. The van der Waals surface area contributed by atoms with Gasteiger partial charge in [0, 0.05) is 20.8 Å². The van der Waals surface area contributed by atoms with Crippen molar-refractivity contribution in [1.29, 1.82) is 0 Å². The number of hydrogen-bond donors (Lipinski definition) is 0. The van der Waals surface area contributed by atoms with Crippen molar-refractivity contribution >= 4 is 39.3 Å². The second kappa shape index (κ2) is 6.25. The molecule has 0 aliphatic carbocycles. The van der Waals surface area contributed by atoms with E-state index >= 15 is 0 Å². The van der Waals surface area contributed by atoms with Crippen LogP contribution in [-0.4, -0.2) is 9.97 Å². The lowest BCUT2D eigenvalue weighted by Crippen LogP contribution is -2.01. The summed E-state index contributed by atoms with van der Waals surface area (Å²) in [6, 6.07) is 8.14. The highest BCUT2D eigenvalue weighted by molar-refractivity contribution is 9.10. The van der Waals surface area contributed by atoms with Crippen LogP contribution in [0.15, 0.2) is 38.7 Å². The second-order valence-corrected chi connectivity index (χ2v) is 6.85. The molecule has 100 valence electrons. The van der Waals surface area contributed by atoms with Gasteiger partial charge in [0.05, 0.1) is 0 Å². The van der Waals surface area contributed by atoms with E-state index in [9.17, 15) is 0 Å². The Balaban J connectivity index is 2.36. The van der Waals surface area contributed by atoms with Crippen LogP contribution < -0.4 is 0 Å². The Morgan fingerprint density at radius 1 is 1.16 bits per heavy atom. The highest BCUT2D eigenvalue weighted by atomic mass is 79.9. The fourth-order valence-electron chi connectivity index (χ4n) is 1.46. The molecule has 1 aromatic carbocycles. The van der Waals surface area contributed by atoms with Crippen LogP contribution in [0, 0.1) is 6.92 Å². The average molecular weight is 358 g/mol. The van der Waals surface area contributed by atoms with E-state index in [1.807, 2.05) is 19.1 Å². The van der Waals surface area contributed by atoms with Crippen molar-refractivity contribution in [2.24, 2.45) is 0 Å². The summed E-state index contributed by atoms with van der Waals surface area (Å²) in [6.07, 6.45) is 0. The monoisotopic (exact) mass is 356 g/mol. The summed E-state index contributed by atoms with van der Waals surface area (Å²) in [5, 5.41) is 1.46.